The zero-order valence-electron chi connectivity index (χ0n) is 11.4. The molecule has 1 aromatic carbocycles. The zero-order chi connectivity index (χ0) is 14.1. The molecule has 0 heterocycles. The molecule has 0 aliphatic carbocycles. The Morgan fingerprint density at radius 3 is 2.44 bits per heavy atom. The molecular formula is C13H19BrN2OS. The maximum absolute atomic E-state index is 12.0. The van der Waals surface area contributed by atoms with Crippen LogP contribution in [0.4, 0.5) is 5.69 Å². The first kappa shape index (κ1) is 15.5. The second-order valence-corrected chi connectivity index (χ2v) is 8.01. The summed E-state index contributed by atoms with van der Waals surface area (Å²) in [6, 6.07) is 3.91. The summed E-state index contributed by atoms with van der Waals surface area (Å²) >= 11 is 2.14. The zero-order valence-corrected chi connectivity index (χ0v) is 13.8. The first-order valence-corrected chi connectivity index (χ1v) is 7.56. The number of benzene rings is 1. The number of rotatable bonds is 2. The van der Waals surface area contributed by atoms with E-state index in [4.69, 9.17) is 5.73 Å². The number of nitrogens with two attached hydrogens (primary N) is 1. The predicted octanol–water partition coefficient (Wildman–Crippen LogP) is 3.61. The minimum absolute atomic E-state index is 0.364. The van der Waals surface area contributed by atoms with Gasteiger partial charge in [-0.15, -0.1) is 0 Å². The highest BCUT2D eigenvalue weighted by Crippen LogP contribution is 2.27. The van der Waals surface area contributed by atoms with E-state index in [1.807, 2.05) is 46.8 Å². The van der Waals surface area contributed by atoms with E-state index < -0.39 is 11.4 Å². The molecule has 100 valence electrons. The summed E-state index contributed by atoms with van der Waals surface area (Å²) in [6.45, 7) is 9.52. The van der Waals surface area contributed by atoms with Gasteiger partial charge < -0.3 is 10.3 Å². The van der Waals surface area contributed by atoms with Gasteiger partial charge in [-0.25, -0.2) is 0 Å². The van der Waals surface area contributed by atoms with Gasteiger partial charge in [0.2, 0.25) is 0 Å². The Balaban J connectivity index is 3.19. The van der Waals surface area contributed by atoms with E-state index in [0.717, 1.165) is 15.6 Å². The second kappa shape index (κ2) is 5.63. The lowest BCUT2D eigenvalue weighted by Crippen LogP contribution is -2.26. The average molecular weight is 331 g/mol. The molecule has 2 N–H and O–H groups in total. The number of anilines is 1. The van der Waals surface area contributed by atoms with Crippen LogP contribution in [0.3, 0.4) is 0 Å². The van der Waals surface area contributed by atoms with E-state index in [-0.39, 0.29) is 4.75 Å². The summed E-state index contributed by atoms with van der Waals surface area (Å²) in [5, 5.41) is 0. The van der Waals surface area contributed by atoms with Gasteiger partial charge in [-0.05, 0) is 68.2 Å². The van der Waals surface area contributed by atoms with Crippen molar-refractivity contribution in [1.29, 1.82) is 0 Å². The lowest BCUT2D eigenvalue weighted by Gasteiger charge is -2.19. The molecule has 1 rings (SSSR count). The maximum atomic E-state index is 12.0. The van der Waals surface area contributed by atoms with Crippen LogP contribution in [0, 0.1) is 6.92 Å². The number of hydrogen-bond acceptors (Lipinski definition) is 3. The molecule has 1 atom stereocenters. The van der Waals surface area contributed by atoms with Crippen molar-refractivity contribution in [3.8, 4) is 0 Å². The lowest BCUT2D eigenvalue weighted by molar-refractivity contribution is 0.561. The van der Waals surface area contributed by atoms with Crippen molar-refractivity contribution in [3.05, 3.63) is 27.7 Å². The molecule has 0 fully saturated rings. The lowest BCUT2D eigenvalue weighted by atomic mass is 10.1. The van der Waals surface area contributed by atoms with Crippen molar-refractivity contribution >= 4 is 38.7 Å². The molecule has 0 saturated carbocycles. The van der Waals surface area contributed by atoms with Crippen molar-refractivity contribution in [2.75, 3.05) is 5.73 Å². The van der Waals surface area contributed by atoms with Crippen LogP contribution in [0.5, 0.6) is 0 Å². The minimum Gasteiger partial charge on any atom is -0.591 e. The van der Waals surface area contributed by atoms with E-state index in [1.54, 1.807) is 0 Å². The topological polar surface area (TPSA) is 61.4 Å². The van der Waals surface area contributed by atoms with Crippen LogP contribution < -0.4 is 5.73 Å². The molecule has 0 unspecified atom stereocenters. The van der Waals surface area contributed by atoms with Crippen LogP contribution in [-0.2, 0) is 11.4 Å². The summed E-state index contributed by atoms with van der Waals surface area (Å²) in [5.74, 6) is 0. The van der Waals surface area contributed by atoms with Gasteiger partial charge in [0.25, 0.3) is 0 Å². The highest BCUT2D eigenvalue weighted by molar-refractivity contribution is 9.10. The summed E-state index contributed by atoms with van der Waals surface area (Å²) in [4.78, 5) is 0. The second-order valence-electron chi connectivity index (χ2n) is 5.25. The fourth-order valence-corrected chi connectivity index (χ4v) is 2.56. The summed E-state index contributed by atoms with van der Waals surface area (Å²) in [5.41, 5.74) is 9.26. The Morgan fingerprint density at radius 1 is 1.39 bits per heavy atom. The van der Waals surface area contributed by atoms with E-state index in [2.05, 4.69) is 20.3 Å². The van der Waals surface area contributed by atoms with Gasteiger partial charge in [0, 0.05) is 10.0 Å². The smallest absolute Gasteiger partial charge is 0.144 e. The van der Waals surface area contributed by atoms with Gasteiger partial charge in [-0.2, -0.15) is 0 Å². The van der Waals surface area contributed by atoms with Crippen LogP contribution in [0.2, 0.25) is 0 Å². The number of halogens is 1. The Hall–Kier alpha value is -0.520. The van der Waals surface area contributed by atoms with Crippen LogP contribution in [0.1, 0.15) is 38.8 Å². The van der Waals surface area contributed by atoms with E-state index in [9.17, 15) is 4.55 Å². The summed E-state index contributed by atoms with van der Waals surface area (Å²) in [6.07, 6.45) is 0. The van der Waals surface area contributed by atoms with E-state index in [1.165, 1.54) is 0 Å². The monoisotopic (exact) mass is 330 g/mol. The molecule has 3 nitrogen and oxygen atoms in total. The number of hydrogen-bond donors (Lipinski definition) is 1. The molecule has 0 aliphatic heterocycles. The van der Waals surface area contributed by atoms with Crippen LogP contribution in [0.25, 0.3) is 0 Å². The SMILES string of the molecule is C/C(=N/[S@+]([O-])C(C)(C)C)c1cc(C)cc(Br)c1N. The summed E-state index contributed by atoms with van der Waals surface area (Å²) in [7, 11) is 0. The third kappa shape index (κ3) is 3.73. The van der Waals surface area contributed by atoms with Crippen LogP contribution >= 0.6 is 15.9 Å². The van der Waals surface area contributed by atoms with Crippen molar-refractivity contribution < 1.29 is 4.55 Å². The average Bonchev–Trinajstić information content (AvgIpc) is 2.21. The highest BCUT2D eigenvalue weighted by atomic mass is 79.9. The van der Waals surface area contributed by atoms with Gasteiger partial charge in [-0.3, -0.25) is 0 Å². The molecule has 1 aromatic rings. The quantitative estimate of drug-likeness (QED) is 0.511. The molecule has 0 saturated heterocycles. The van der Waals surface area contributed by atoms with Gasteiger partial charge in [0.1, 0.15) is 16.1 Å². The molecule has 5 heteroatoms. The Labute approximate surface area is 120 Å². The number of nitrogens with zero attached hydrogens (tertiary/aromatic N) is 1. The van der Waals surface area contributed by atoms with Crippen molar-refractivity contribution in [2.45, 2.75) is 39.4 Å². The van der Waals surface area contributed by atoms with Crippen LogP contribution in [0.15, 0.2) is 21.0 Å². The molecule has 0 radical (unpaired) electrons. The molecule has 18 heavy (non-hydrogen) atoms. The fraction of sp³-hybridized carbons (Fsp3) is 0.462. The number of nitrogen functional groups attached to an aromatic ring is 1. The fourth-order valence-electron chi connectivity index (χ4n) is 1.36. The largest absolute Gasteiger partial charge is 0.591 e. The Kier molecular flexibility index (Phi) is 4.86. The van der Waals surface area contributed by atoms with Gasteiger partial charge >= 0.3 is 0 Å². The third-order valence-electron chi connectivity index (χ3n) is 2.41. The van der Waals surface area contributed by atoms with Crippen molar-refractivity contribution in [3.63, 3.8) is 0 Å². The first-order valence-electron chi connectivity index (χ1n) is 5.66. The third-order valence-corrected chi connectivity index (χ3v) is 4.55. The van der Waals surface area contributed by atoms with E-state index >= 15 is 0 Å². The van der Waals surface area contributed by atoms with Crippen LogP contribution in [-0.4, -0.2) is 15.0 Å². The summed E-state index contributed by atoms with van der Waals surface area (Å²) < 4.78 is 16.7. The molecule has 0 spiro atoms. The molecule has 0 aromatic heterocycles. The molecule has 0 bridgehead atoms. The Bertz CT molecular complexity index is 481. The predicted molar refractivity (Wildman–Crippen MR) is 83.4 cm³/mol. The standard InChI is InChI=1S/C13H19BrN2OS/c1-8-6-10(12(15)11(14)7-8)9(2)16-18(17)13(3,4)5/h6-7H,15H2,1-5H3/b16-9-/t18-/m1/s1. The molecule has 0 amide bonds. The van der Waals surface area contributed by atoms with Crippen molar-refractivity contribution in [1.82, 2.24) is 0 Å². The van der Waals surface area contributed by atoms with Gasteiger partial charge in [0.15, 0.2) is 0 Å². The van der Waals surface area contributed by atoms with Gasteiger partial charge in [0.05, 0.1) is 11.4 Å². The number of aryl methyl sites for hydroxylation is 1. The normalized spacial score (nSPS) is 14.7. The van der Waals surface area contributed by atoms with Crippen molar-refractivity contribution in [2.24, 2.45) is 4.40 Å². The molecule has 0 aliphatic rings. The molecular weight excluding hydrogens is 312 g/mol. The van der Waals surface area contributed by atoms with Gasteiger partial charge in [-0.1, -0.05) is 4.40 Å². The maximum Gasteiger partial charge on any atom is 0.144 e. The first-order chi connectivity index (χ1) is 8.12. The Morgan fingerprint density at radius 2 is 1.94 bits per heavy atom. The van der Waals surface area contributed by atoms with E-state index in [0.29, 0.717) is 11.4 Å². The minimum atomic E-state index is -1.27. The highest BCUT2D eigenvalue weighted by Gasteiger charge is 2.27.